The topological polar surface area (TPSA) is 32.3 Å². The van der Waals surface area contributed by atoms with Crippen molar-refractivity contribution in [1.82, 2.24) is 5.32 Å². The second-order valence-corrected chi connectivity index (χ2v) is 5.01. The average Bonchev–Trinajstić information content (AvgIpc) is 2.92. The minimum Gasteiger partial charge on any atom is -0.311 e. The SMILES string of the molecule is O=C(CNCc1ccccc1)N1CCc2ccccc21. The number of carbonyl (C=O) groups is 1. The van der Waals surface area contributed by atoms with E-state index in [0.29, 0.717) is 6.54 Å². The molecule has 2 aromatic rings. The van der Waals surface area contributed by atoms with E-state index >= 15 is 0 Å². The summed E-state index contributed by atoms with van der Waals surface area (Å²) < 4.78 is 0. The van der Waals surface area contributed by atoms with Crippen molar-refractivity contribution in [2.45, 2.75) is 13.0 Å². The van der Waals surface area contributed by atoms with Gasteiger partial charge in [0.2, 0.25) is 5.91 Å². The third-order valence-electron chi connectivity index (χ3n) is 3.64. The molecule has 1 amide bonds. The first-order valence-corrected chi connectivity index (χ1v) is 6.97. The van der Waals surface area contributed by atoms with Crippen molar-refractivity contribution in [3.05, 3.63) is 65.7 Å². The molecular formula is C17H18N2O. The Balaban J connectivity index is 1.56. The van der Waals surface area contributed by atoms with Crippen LogP contribution in [0.4, 0.5) is 5.69 Å². The molecule has 0 bridgehead atoms. The fraction of sp³-hybridized carbons (Fsp3) is 0.235. The van der Waals surface area contributed by atoms with Gasteiger partial charge in [0.25, 0.3) is 0 Å². The van der Waals surface area contributed by atoms with Crippen molar-refractivity contribution in [3.8, 4) is 0 Å². The number of fused-ring (bicyclic) bond motifs is 1. The maximum absolute atomic E-state index is 12.3. The number of nitrogens with zero attached hydrogens (tertiary/aromatic N) is 1. The lowest BCUT2D eigenvalue weighted by Crippen LogP contribution is -2.36. The highest BCUT2D eigenvalue weighted by Crippen LogP contribution is 2.27. The van der Waals surface area contributed by atoms with Crippen LogP contribution in [0.2, 0.25) is 0 Å². The molecule has 102 valence electrons. The monoisotopic (exact) mass is 266 g/mol. The Morgan fingerprint density at radius 1 is 1.05 bits per heavy atom. The first-order valence-electron chi connectivity index (χ1n) is 6.97. The van der Waals surface area contributed by atoms with E-state index in [9.17, 15) is 4.79 Å². The van der Waals surface area contributed by atoms with Crippen LogP contribution in [-0.2, 0) is 17.8 Å². The molecule has 1 aliphatic heterocycles. The van der Waals surface area contributed by atoms with Crippen LogP contribution in [0.3, 0.4) is 0 Å². The molecule has 0 radical (unpaired) electrons. The Bertz CT molecular complexity index is 595. The van der Waals surface area contributed by atoms with E-state index in [4.69, 9.17) is 0 Å². The van der Waals surface area contributed by atoms with Gasteiger partial charge >= 0.3 is 0 Å². The van der Waals surface area contributed by atoms with Crippen LogP contribution < -0.4 is 10.2 Å². The van der Waals surface area contributed by atoms with Crippen molar-refractivity contribution in [2.75, 3.05) is 18.0 Å². The predicted octanol–water partition coefficient (Wildman–Crippen LogP) is 2.37. The minimum atomic E-state index is 0.144. The number of carbonyl (C=O) groups excluding carboxylic acids is 1. The van der Waals surface area contributed by atoms with Gasteiger partial charge < -0.3 is 10.2 Å². The van der Waals surface area contributed by atoms with Crippen molar-refractivity contribution in [1.29, 1.82) is 0 Å². The standard InChI is InChI=1S/C17H18N2O/c20-17(13-18-12-14-6-2-1-3-7-14)19-11-10-15-8-4-5-9-16(15)19/h1-9,18H,10-13H2. The van der Waals surface area contributed by atoms with Gasteiger partial charge in [0.05, 0.1) is 6.54 Å². The van der Waals surface area contributed by atoms with Gasteiger partial charge in [0.1, 0.15) is 0 Å². The van der Waals surface area contributed by atoms with E-state index < -0.39 is 0 Å². The van der Waals surface area contributed by atoms with Gasteiger partial charge in [-0.1, -0.05) is 48.5 Å². The fourth-order valence-corrected chi connectivity index (χ4v) is 2.60. The molecule has 0 saturated heterocycles. The second kappa shape index (κ2) is 5.88. The van der Waals surface area contributed by atoms with Gasteiger partial charge in [0.15, 0.2) is 0 Å². The van der Waals surface area contributed by atoms with Gasteiger partial charge in [-0.15, -0.1) is 0 Å². The summed E-state index contributed by atoms with van der Waals surface area (Å²) in [6.07, 6.45) is 0.959. The molecule has 3 rings (SSSR count). The molecule has 2 aromatic carbocycles. The Labute approximate surface area is 119 Å². The van der Waals surface area contributed by atoms with Gasteiger partial charge in [-0.2, -0.15) is 0 Å². The van der Waals surface area contributed by atoms with Gasteiger partial charge in [0, 0.05) is 18.8 Å². The summed E-state index contributed by atoms with van der Waals surface area (Å²) in [4.78, 5) is 14.1. The van der Waals surface area contributed by atoms with E-state index in [2.05, 4.69) is 23.5 Å². The maximum Gasteiger partial charge on any atom is 0.240 e. The van der Waals surface area contributed by atoms with Crippen molar-refractivity contribution in [3.63, 3.8) is 0 Å². The first-order chi connectivity index (χ1) is 9.84. The number of para-hydroxylation sites is 1. The third kappa shape index (κ3) is 2.73. The Kier molecular flexibility index (Phi) is 3.79. The van der Waals surface area contributed by atoms with Crippen molar-refractivity contribution >= 4 is 11.6 Å². The molecule has 1 N–H and O–H groups in total. The summed E-state index contributed by atoms with van der Waals surface area (Å²) >= 11 is 0. The number of benzene rings is 2. The first kappa shape index (κ1) is 12.9. The molecular weight excluding hydrogens is 248 g/mol. The summed E-state index contributed by atoms with van der Waals surface area (Å²) in [7, 11) is 0. The summed E-state index contributed by atoms with van der Waals surface area (Å²) in [6, 6.07) is 18.3. The molecule has 20 heavy (non-hydrogen) atoms. The minimum absolute atomic E-state index is 0.144. The van der Waals surface area contributed by atoms with Crippen LogP contribution in [0.15, 0.2) is 54.6 Å². The number of rotatable bonds is 4. The second-order valence-electron chi connectivity index (χ2n) is 5.01. The molecule has 0 aliphatic carbocycles. The van der Waals surface area contributed by atoms with E-state index in [0.717, 1.165) is 25.2 Å². The van der Waals surface area contributed by atoms with E-state index in [1.807, 2.05) is 41.3 Å². The lowest BCUT2D eigenvalue weighted by atomic mass is 10.2. The van der Waals surface area contributed by atoms with Crippen molar-refractivity contribution < 1.29 is 4.79 Å². The highest BCUT2D eigenvalue weighted by atomic mass is 16.2. The summed E-state index contributed by atoms with van der Waals surface area (Å²) in [6.45, 7) is 1.90. The molecule has 0 saturated carbocycles. The molecule has 0 spiro atoms. The molecule has 0 aromatic heterocycles. The van der Waals surface area contributed by atoms with Crippen LogP contribution in [0, 0.1) is 0 Å². The summed E-state index contributed by atoms with van der Waals surface area (Å²) in [5, 5.41) is 3.22. The molecule has 0 atom stereocenters. The zero-order chi connectivity index (χ0) is 13.8. The van der Waals surface area contributed by atoms with E-state index in [1.54, 1.807) is 0 Å². The highest BCUT2D eigenvalue weighted by Gasteiger charge is 2.23. The third-order valence-corrected chi connectivity index (χ3v) is 3.64. The molecule has 3 nitrogen and oxygen atoms in total. The normalized spacial score (nSPS) is 13.3. The molecule has 1 heterocycles. The molecule has 1 aliphatic rings. The summed E-state index contributed by atoms with van der Waals surface area (Å²) in [5.41, 5.74) is 3.53. The maximum atomic E-state index is 12.3. The zero-order valence-corrected chi connectivity index (χ0v) is 11.4. The van der Waals surface area contributed by atoms with Gasteiger partial charge in [-0.3, -0.25) is 4.79 Å². The largest absolute Gasteiger partial charge is 0.311 e. The average molecular weight is 266 g/mol. The number of nitrogens with one attached hydrogen (secondary N) is 1. The van der Waals surface area contributed by atoms with Crippen LogP contribution in [-0.4, -0.2) is 19.0 Å². The molecule has 3 heteroatoms. The number of hydrogen-bond acceptors (Lipinski definition) is 2. The lowest BCUT2D eigenvalue weighted by molar-refractivity contribution is -0.117. The highest BCUT2D eigenvalue weighted by molar-refractivity contribution is 5.96. The van der Waals surface area contributed by atoms with Crippen LogP contribution >= 0.6 is 0 Å². The van der Waals surface area contributed by atoms with E-state index in [-0.39, 0.29) is 5.91 Å². The number of hydrogen-bond donors (Lipinski definition) is 1. The van der Waals surface area contributed by atoms with Crippen LogP contribution in [0.25, 0.3) is 0 Å². The smallest absolute Gasteiger partial charge is 0.240 e. The Morgan fingerprint density at radius 2 is 1.80 bits per heavy atom. The van der Waals surface area contributed by atoms with Gasteiger partial charge in [-0.05, 0) is 23.6 Å². The molecule has 0 fully saturated rings. The molecule has 0 unspecified atom stereocenters. The summed E-state index contributed by atoms with van der Waals surface area (Å²) in [5.74, 6) is 0.144. The zero-order valence-electron chi connectivity index (χ0n) is 11.4. The Hall–Kier alpha value is -2.13. The Morgan fingerprint density at radius 3 is 2.65 bits per heavy atom. The van der Waals surface area contributed by atoms with Crippen LogP contribution in [0.1, 0.15) is 11.1 Å². The number of anilines is 1. The lowest BCUT2D eigenvalue weighted by Gasteiger charge is -2.17. The fourth-order valence-electron chi connectivity index (χ4n) is 2.60. The number of amides is 1. The van der Waals surface area contributed by atoms with E-state index in [1.165, 1.54) is 11.1 Å². The van der Waals surface area contributed by atoms with Crippen molar-refractivity contribution in [2.24, 2.45) is 0 Å². The quantitative estimate of drug-likeness (QED) is 0.921. The van der Waals surface area contributed by atoms with Gasteiger partial charge in [-0.25, -0.2) is 0 Å². The predicted molar refractivity (Wildman–Crippen MR) is 80.6 cm³/mol. The van der Waals surface area contributed by atoms with Crippen LogP contribution in [0.5, 0.6) is 0 Å².